The minimum atomic E-state index is -0.314. The van der Waals surface area contributed by atoms with E-state index in [1.54, 1.807) is 0 Å². The van der Waals surface area contributed by atoms with Crippen molar-refractivity contribution in [1.29, 1.82) is 5.41 Å². The van der Waals surface area contributed by atoms with Gasteiger partial charge in [0.05, 0.1) is 0 Å². The highest BCUT2D eigenvalue weighted by molar-refractivity contribution is 5.76. The van der Waals surface area contributed by atoms with Crippen molar-refractivity contribution in [2.24, 2.45) is 5.73 Å². The van der Waals surface area contributed by atoms with Gasteiger partial charge in [-0.25, -0.2) is 4.68 Å². The summed E-state index contributed by atoms with van der Waals surface area (Å²) in [5, 5.41) is 10.9. The normalized spacial score (nSPS) is 9.93. The zero-order valence-electron chi connectivity index (χ0n) is 8.56. The first kappa shape index (κ1) is 11.2. The van der Waals surface area contributed by atoms with Crippen LogP contribution < -0.4 is 10.5 Å². The lowest BCUT2D eigenvalue weighted by atomic mass is 10.2. The average molecular weight is 210 g/mol. The third kappa shape index (κ3) is 3.41. The molecule has 1 rings (SSSR count). The van der Waals surface area contributed by atoms with Gasteiger partial charge in [0, 0.05) is 18.7 Å². The molecule has 0 saturated carbocycles. The summed E-state index contributed by atoms with van der Waals surface area (Å²) >= 11 is 0. The molecule has 0 fully saturated rings. The van der Waals surface area contributed by atoms with Gasteiger partial charge in [-0.3, -0.25) is 10.2 Å². The summed E-state index contributed by atoms with van der Waals surface area (Å²) in [6.07, 6.45) is 3.58. The van der Waals surface area contributed by atoms with Crippen LogP contribution >= 0.6 is 0 Å². The maximum atomic E-state index is 11.2. The van der Waals surface area contributed by atoms with Gasteiger partial charge in [-0.05, 0) is 6.42 Å². The van der Waals surface area contributed by atoms with E-state index in [2.05, 4.69) is 5.10 Å². The van der Waals surface area contributed by atoms with Crippen molar-refractivity contribution in [3.05, 3.63) is 12.3 Å². The number of nitrogens with two attached hydrogens (primary N) is 1. The summed E-state index contributed by atoms with van der Waals surface area (Å²) in [4.78, 5) is 11.2. The second kappa shape index (κ2) is 5.14. The van der Waals surface area contributed by atoms with Crippen LogP contribution in [0.5, 0.6) is 5.88 Å². The number of esters is 1. The number of carbonyl (C=O) groups is 1. The fraction of sp³-hybridized carbons (Fsp3) is 0.444. The average Bonchev–Trinajstić information content (AvgIpc) is 2.63. The van der Waals surface area contributed by atoms with E-state index in [0.717, 1.165) is 17.5 Å². The topological polar surface area (TPSA) is 94.0 Å². The van der Waals surface area contributed by atoms with E-state index < -0.39 is 0 Å². The molecule has 1 aromatic rings. The molecular formula is C9H14N4O2. The lowest BCUT2D eigenvalue weighted by molar-refractivity contribution is -0.134. The van der Waals surface area contributed by atoms with Gasteiger partial charge in [0.25, 0.3) is 0 Å². The van der Waals surface area contributed by atoms with Gasteiger partial charge in [-0.2, -0.15) is 0 Å². The van der Waals surface area contributed by atoms with Gasteiger partial charge in [-0.1, -0.05) is 13.3 Å². The zero-order chi connectivity index (χ0) is 11.3. The third-order valence-corrected chi connectivity index (χ3v) is 1.76. The zero-order valence-corrected chi connectivity index (χ0v) is 8.56. The van der Waals surface area contributed by atoms with Crippen LogP contribution in [0.25, 0.3) is 0 Å². The van der Waals surface area contributed by atoms with Gasteiger partial charge < -0.3 is 10.5 Å². The highest BCUT2D eigenvalue weighted by atomic mass is 16.5. The van der Waals surface area contributed by atoms with E-state index in [4.69, 9.17) is 15.9 Å². The Hall–Kier alpha value is -1.85. The number of hydrogen-bond acceptors (Lipinski definition) is 4. The number of hydrogen-bond donors (Lipinski definition) is 2. The minimum Gasteiger partial charge on any atom is -0.406 e. The summed E-state index contributed by atoms with van der Waals surface area (Å²) in [6, 6.07) is 1.49. The molecule has 1 heterocycles. The molecule has 0 aliphatic rings. The second-order valence-electron chi connectivity index (χ2n) is 3.06. The van der Waals surface area contributed by atoms with Crippen molar-refractivity contribution >= 4 is 11.9 Å². The lowest BCUT2D eigenvalue weighted by Crippen LogP contribution is -2.21. The predicted octanol–water partition coefficient (Wildman–Crippen LogP) is 0.720. The van der Waals surface area contributed by atoms with Gasteiger partial charge in [0.15, 0.2) is 0 Å². The summed E-state index contributed by atoms with van der Waals surface area (Å²) in [7, 11) is 0. The molecule has 15 heavy (non-hydrogen) atoms. The van der Waals surface area contributed by atoms with E-state index in [0.29, 0.717) is 6.42 Å². The monoisotopic (exact) mass is 210 g/mol. The van der Waals surface area contributed by atoms with Crippen molar-refractivity contribution in [2.75, 3.05) is 0 Å². The lowest BCUT2D eigenvalue weighted by Gasteiger charge is -1.99. The van der Waals surface area contributed by atoms with Crippen LogP contribution in [0.1, 0.15) is 26.2 Å². The summed E-state index contributed by atoms with van der Waals surface area (Å²) in [5.41, 5.74) is 5.18. The number of nitrogen functional groups attached to an aromatic ring is 1. The molecule has 3 N–H and O–H groups in total. The highest BCUT2D eigenvalue weighted by Crippen LogP contribution is 2.07. The Kier molecular flexibility index (Phi) is 3.84. The maximum Gasteiger partial charge on any atom is 0.312 e. The smallest absolute Gasteiger partial charge is 0.312 e. The van der Waals surface area contributed by atoms with Gasteiger partial charge in [0.2, 0.25) is 11.8 Å². The number of ether oxygens (including phenoxy) is 1. The Morgan fingerprint density at radius 3 is 3.00 bits per heavy atom. The molecule has 0 aliphatic heterocycles. The Bertz CT molecular complexity index is 359. The molecule has 6 heteroatoms. The Labute approximate surface area is 87.5 Å². The Morgan fingerprint density at radius 2 is 2.47 bits per heavy atom. The molecule has 0 bridgehead atoms. The number of aromatic nitrogens is 2. The highest BCUT2D eigenvalue weighted by Gasteiger charge is 2.07. The van der Waals surface area contributed by atoms with Crippen LogP contribution in [0, 0.1) is 5.41 Å². The van der Waals surface area contributed by atoms with Crippen molar-refractivity contribution in [3.63, 3.8) is 0 Å². The molecule has 0 atom stereocenters. The van der Waals surface area contributed by atoms with Crippen LogP contribution in [-0.4, -0.2) is 21.7 Å². The first-order valence-corrected chi connectivity index (χ1v) is 4.74. The molecule has 0 amide bonds. The largest absolute Gasteiger partial charge is 0.406 e. The van der Waals surface area contributed by atoms with Crippen LogP contribution in [-0.2, 0) is 4.79 Å². The van der Waals surface area contributed by atoms with Crippen LogP contribution in [0.3, 0.4) is 0 Å². The molecule has 0 saturated heterocycles. The Balaban J connectivity index is 2.50. The predicted molar refractivity (Wildman–Crippen MR) is 54.7 cm³/mol. The molecule has 82 valence electrons. The molecule has 0 aliphatic carbocycles. The standard InChI is InChI=1S/C9H14N4O2/c1-2-3-4-8(14)15-7-5-6-13(12-7)9(10)11/h5-6H,2-4H2,1H3,(H3,10,11). The molecule has 0 aromatic carbocycles. The molecule has 0 radical (unpaired) electrons. The van der Waals surface area contributed by atoms with Gasteiger partial charge in [0.1, 0.15) is 0 Å². The summed E-state index contributed by atoms with van der Waals surface area (Å²) in [6.45, 7) is 2.00. The third-order valence-electron chi connectivity index (χ3n) is 1.76. The number of nitrogens with zero attached hydrogens (tertiary/aromatic N) is 2. The molecular weight excluding hydrogens is 196 g/mol. The number of carbonyl (C=O) groups excluding carboxylic acids is 1. The van der Waals surface area contributed by atoms with Crippen LogP contribution in [0.15, 0.2) is 12.3 Å². The van der Waals surface area contributed by atoms with Crippen molar-refractivity contribution in [3.8, 4) is 5.88 Å². The van der Waals surface area contributed by atoms with E-state index in [-0.39, 0.29) is 17.8 Å². The first-order chi connectivity index (χ1) is 7.13. The van der Waals surface area contributed by atoms with E-state index in [1.165, 1.54) is 12.3 Å². The maximum absolute atomic E-state index is 11.2. The van der Waals surface area contributed by atoms with Crippen molar-refractivity contribution in [1.82, 2.24) is 9.78 Å². The summed E-state index contributed by atoms with van der Waals surface area (Å²) in [5.74, 6) is -0.359. The SMILES string of the molecule is CCCCC(=O)Oc1ccn(C(=N)N)n1. The molecule has 0 unspecified atom stereocenters. The number of nitrogens with one attached hydrogen (secondary N) is 1. The van der Waals surface area contributed by atoms with E-state index >= 15 is 0 Å². The van der Waals surface area contributed by atoms with Gasteiger partial charge in [-0.15, -0.1) is 5.10 Å². The van der Waals surface area contributed by atoms with Crippen molar-refractivity contribution in [2.45, 2.75) is 26.2 Å². The molecule has 0 spiro atoms. The second-order valence-corrected chi connectivity index (χ2v) is 3.06. The fourth-order valence-electron chi connectivity index (χ4n) is 0.985. The summed E-state index contributed by atoms with van der Waals surface area (Å²) < 4.78 is 6.05. The van der Waals surface area contributed by atoms with E-state index in [9.17, 15) is 4.79 Å². The number of unbranched alkanes of at least 4 members (excludes halogenated alkanes) is 1. The number of rotatable bonds is 4. The Morgan fingerprint density at radius 1 is 1.73 bits per heavy atom. The quantitative estimate of drug-likeness (QED) is 0.435. The first-order valence-electron chi connectivity index (χ1n) is 4.74. The molecule has 6 nitrogen and oxygen atoms in total. The molecule has 1 aromatic heterocycles. The van der Waals surface area contributed by atoms with Crippen LogP contribution in [0.4, 0.5) is 0 Å². The van der Waals surface area contributed by atoms with E-state index in [1.807, 2.05) is 6.92 Å². The van der Waals surface area contributed by atoms with Crippen molar-refractivity contribution < 1.29 is 9.53 Å². The minimum absolute atomic E-state index is 0.173. The van der Waals surface area contributed by atoms with Gasteiger partial charge >= 0.3 is 5.97 Å². The van der Waals surface area contributed by atoms with Crippen LogP contribution in [0.2, 0.25) is 0 Å². The fourth-order valence-corrected chi connectivity index (χ4v) is 0.985.